The van der Waals surface area contributed by atoms with Crippen LogP contribution in [0.4, 0.5) is 0 Å². The molecule has 0 heterocycles. The molecule has 1 heteroatoms. The molecule has 0 aliphatic carbocycles. The Morgan fingerprint density at radius 3 is 2.47 bits per heavy atom. The molecule has 1 nitrogen and oxygen atoms in total. The smallest absolute Gasteiger partial charge is 0.185 e. The number of benzene rings is 1. The Balaban J connectivity index is 2.43. The molecule has 0 N–H and O–H groups in total. The summed E-state index contributed by atoms with van der Waals surface area (Å²) in [6.07, 6.45) is 7.82. The molecule has 1 aromatic carbocycles. The Kier molecular flexibility index (Phi) is 6.31. The van der Waals surface area contributed by atoms with Gasteiger partial charge in [-0.25, -0.2) is 0 Å². The van der Waals surface area contributed by atoms with Crippen molar-refractivity contribution in [2.45, 2.75) is 46.0 Å². The number of hydrogen-bond donors (Lipinski definition) is 0. The van der Waals surface area contributed by atoms with E-state index < -0.39 is 0 Å². The number of ketones is 1. The van der Waals surface area contributed by atoms with Gasteiger partial charge in [-0.1, -0.05) is 62.1 Å². The highest BCUT2D eigenvalue weighted by Crippen LogP contribution is 2.11. The first-order valence-corrected chi connectivity index (χ1v) is 6.50. The zero-order chi connectivity index (χ0) is 12.5. The zero-order valence-electron chi connectivity index (χ0n) is 10.9. The van der Waals surface area contributed by atoms with Crippen molar-refractivity contribution in [2.75, 3.05) is 0 Å². The summed E-state index contributed by atoms with van der Waals surface area (Å²) in [4.78, 5) is 11.9. The molecule has 0 fully saturated rings. The Hall–Kier alpha value is -1.37. The highest BCUT2D eigenvalue weighted by Gasteiger charge is 2.01. The van der Waals surface area contributed by atoms with Gasteiger partial charge in [-0.15, -0.1) is 0 Å². The van der Waals surface area contributed by atoms with Gasteiger partial charge in [0.05, 0.1) is 0 Å². The van der Waals surface area contributed by atoms with Gasteiger partial charge in [0.2, 0.25) is 0 Å². The van der Waals surface area contributed by atoms with Crippen molar-refractivity contribution < 1.29 is 4.79 Å². The van der Waals surface area contributed by atoms with Crippen LogP contribution in [0.3, 0.4) is 0 Å². The molecule has 0 aliphatic rings. The summed E-state index contributed by atoms with van der Waals surface area (Å²) < 4.78 is 0. The quantitative estimate of drug-likeness (QED) is 0.374. The molecule has 0 radical (unpaired) electrons. The Bertz CT molecular complexity index is 362. The van der Waals surface area contributed by atoms with Crippen LogP contribution >= 0.6 is 0 Å². The van der Waals surface area contributed by atoms with Crippen LogP contribution in [-0.4, -0.2) is 5.78 Å². The minimum atomic E-state index is 0.124. The van der Waals surface area contributed by atoms with E-state index in [4.69, 9.17) is 0 Å². The van der Waals surface area contributed by atoms with E-state index >= 15 is 0 Å². The van der Waals surface area contributed by atoms with Gasteiger partial charge in [0.1, 0.15) is 0 Å². The van der Waals surface area contributed by atoms with Crippen molar-refractivity contribution in [3.05, 3.63) is 47.5 Å². The largest absolute Gasteiger partial charge is 0.289 e. The number of unbranched alkanes of at least 4 members (excludes halogenated alkanes) is 3. The molecule has 0 atom stereocenters. The standard InChI is InChI=1S/C16H22O/c1-3-4-5-7-10-14(2)13-16(17)15-11-8-6-9-12-15/h6,8-9,11-13H,3-5,7,10H2,1-2H3/b14-13+. The summed E-state index contributed by atoms with van der Waals surface area (Å²) in [5.74, 6) is 0.124. The maximum Gasteiger partial charge on any atom is 0.185 e. The molecular formula is C16H22O. The monoisotopic (exact) mass is 230 g/mol. The Morgan fingerprint density at radius 1 is 1.12 bits per heavy atom. The lowest BCUT2D eigenvalue weighted by Crippen LogP contribution is -1.95. The van der Waals surface area contributed by atoms with E-state index in [9.17, 15) is 4.79 Å². The van der Waals surface area contributed by atoms with E-state index in [1.165, 1.54) is 31.3 Å². The molecule has 0 spiro atoms. The SMILES string of the molecule is CCCCCC/C(C)=C/C(=O)c1ccccc1. The number of carbonyl (C=O) groups is 1. The second kappa shape index (κ2) is 7.83. The highest BCUT2D eigenvalue weighted by atomic mass is 16.1. The van der Waals surface area contributed by atoms with Crippen molar-refractivity contribution in [1.29, 1.82) is 0 Å². The minimum absolute atomic E-state index is 0.124. The Labute approximate surface area is 105 Å². The molecule has 92 valence electrons. The fourth-order valence-corrected chi connectivity index (χ4v) is 1.81. The van der Waals surface area contributed by atoms with E-state index in [0.29, 0.717) is 0 Å². The fraction of sp³-hybridized carbons (Fsp3) is 0.438. The lowest BCUT2D eigenvalue weighted by molar-refractivity contribution is 0.104. The molecule has 1 rings (SSSR count). The van der Waals surface area contributed by atoms with Crippen molar-refractivity contribution in [3.63, 3.8) is 0 Å². The molecule has 0 saturated heterocycles. The summed E-state index contributed by atoms with van der Waals surface area (Å²) in [6.45, 7) is 4.26. The average molecular weight is 230 g/mol. The highest BCUT2D eigenvalue weighted by molar-refractivity contribution is 6.04. The summed E-state index contributed by atoms with van der Waals surface area (Å²) >= 11 is 0. The third kappa shape index (κ3) is 5.48. The lowest BCUT2D eigenvalue weighted by Gasteiger charge is -2.01. The van der Waals surface area contributed by atoms with Crippen LogP contribution in [0.1, 0.15) is 56.3 Å². The predicted molar refractivity (Wildman–Crippen MR) is 73.3 cm³/mol. The predicted octanol–water partition coefficient (Wildman–Crippen LogP) is 4.79. The fourth-order valence-electron chi connectivity index (χ4n) is 1.81. The lowest BCUT2D eigenvalue weighted by atomic mass is 10.0. The number of rotatable bonds is 7. The second-order valence-corrected chi connectivity index (χ2v) is 4.53. The van der Waals surface area contributed by atoms with Gasteiger partial charge in [-0.05, 0) is 25.8 Å². The van der Waals surface area contributed by atoms with Crippen LogP contribution in [0, 0.1) is 0 Å². The van der Waals surface area contributed by atoms with Crippen molar-refractivity contribution in [3.8, 4) is 0 Å². The van der Waals surface area contributed by atoms with Crippen molar-refractivity contribution in [2.24, 2.45) is 0 Å². The first kappa shape index (κ1) is 13.7. The number of hydrogen-bond acceptors (Lipinski definition) is 1. The van der Waals surface area contributed by atoms with E-state index in [1.54, 1.807) is 6.08 Å². The summed E-state index contributed by atoms with van der Waals surface area (Å²) in [5, 5.41) is 0. The van der Waals surface area contributed by atoms with Crippen LogP contribution in [0.2, 0.25) is 0 Å². The molecule has 0 aliphatic heterocycles. The first-order valence-electron chi connectivity index (χ1n) is 6.50. The van der Waals surface area contributed by atoms with Crippen LogP contribution in [0.5, 0.6) is 0 Å². The van der Waals surface area contributed by atoms with Gasteiger partial charge in [0, 0.05) is 5.56 Å². The molecule has 0 saturated carbocycles. The first-order chi connectivity index (χ1) is 8.24. The number of carbonyl (C=O) groups excluding carboxylic acids is 1. The van der Waals surface area contributed by atoms with Crippen LogP contribution < -0.4 is 0 Å². The second-order valence-electron chi connectivity index (χ2n) is 4.53. The van der Waals surface area contributed by atoms with Crippen LogP contribution in [0.25, 0.3) is 0 Å². The van der Waals surface area contributed by atoms with Crippen molar-refractivity contribution >= 4 is 5.78 Å². The maximum absolute atomic E-state index is 11.9. The zero-order valence-corrected chi connectivity index (χ0v) is 10.9. The van der Waals surface area contributed by atoms with Crippen molar-refractivity contribution in [1.82, 2.24) is 0 Å². The molecule has 0 amide bonds. The van der Waals surface area contributed by atoms with Gasteiger partial charge < -0.3 is 0 Å². The summed E-state index contributed by atoms with van der Waals surface area (Å²) in [6, 6.07) is 9.46. The molecule has 1 aromatic rings. The molecule has 0 aromatic heterocycles. The van der Waals surface area contributed by atoms with E-state index in [1.807, 2.05) is 37.3 Å². The third-order valence-corrected chi connectivity index (χ3v) is 2.86. The van der Waals surface area contributed by atoms with E-state index in [-0.39, 0.29) is 5.78 Å². The Morgan fingerprint density at radius 2 is 1.82 bits per heavy atom. The molecule has 17 heavy (non-hydrogen) atoms. The molecule has 0 bridgehead atoms. The van der Waals surface area contributed by atoms with E-state index in [2.05, 4.69) is 6.92 Å². The van der Waals surface area contributed by atoms with Crippen LogP contribution in [-0.2, 0) is 0 Å². The number of allylic oxidation sites excluding steroid dienone is 2. The van der Waals surface area contributed by atoms with Gasteiger partial charge in [-0.3, -0.25) is 4.79 Å². The van der Waals surface area contributed by atoms with Gasteiger partial charge in [0.25, 0.3) is 0 Å². The summed E-state index contributed by atoms with van der Waals surface area (Å²) in [5.41, 5.74) is 1.97. The summed E-state index contributed by atoms with van der Waals surface area (Å²) in [7, 11) is 0. The molecule has 0 unspecified atom stereocenters. The topological polar surface area (TPSA) is 17.1 Å². The van der Waals surface area contributed by atoms with Gasteiger partial charge in [0.15, 0.2) is 5.78 Å². The van der Waals surface area contributed by atoms with Crippen LogP contribution in [0.15, 0.2) is 42.0 Å². The maximum atomic E-state index is 11.9. The third-order valence-electron chi connectivity index (χ3n) is 2.86. The minimum Gasteiger partial charge on any atom is -0.289 e. The normalized spacial score (nSPS) is 11.5. The average Bonchev–Trinajstić information content (AvgIpc) is 2.36. The van der Waals surface area contributed by atoms with Gasteiger partial charge in [-0.2, -0.15) is 0 Å². The van der Waals surface area contributed by atoms with Gasteiger partial charge >= 0.3 is 0 Å². The molecular weight excluding hydrogens is 208 g/mol. The van der Waals surface area contributed by atoms with E-state index in [0.717, 1.165) is 12.0 Å².